The predicted molar refractivity (Wildman–Crippen MR) is 264 cm³/mol. The summed E-state index contributed by atoms with van der Waals surface area (Å²) in [5, 5.41) is 2.04. The second-order valence-electron chi connectivity index (χ2n) is 15.1. The van der Waals surface area contributed by atoms with Crippen molar-refractivity contribution in [1.29, 1.82) is 0 Å². The Bertz CT molecular complexity index is 3070. The number of thiazole rings is 2. The van der Waals surface area contributed by atoms with E-state index in [0.29, 0.717) is 0 Å². The molecule has 0 saturated heterocycles. The van der Waals surface area contributed by atoms with Gasteiger partial charge in [-0.25, -0.2) is 9.97 Å². The average Bonchev–Trinajstić information content (AvgIpc) is 3.99. The Hall–Kier alpha value is -7.64. The predicted octanol–water partition coefficient (Wildman–Crippen LogP) is 16.5. The number of aromatic nitrogens is 2. The van der Waals surface area contributed by atoms with Crippen molar-refractivity contribution in [2.75, 3.05) is 9.80 Å². The Morgan fingerprint density at radius 2 is 0.516 bits per heavy atom. The lowest BCUT2D eigenvalue weighted by Crippen LogP contribution is -2.10. The van der Waals surface area contributed by atoms with Crippen LogP contribution in [0.1, 0.15) is 0 Å². The van der Waals surface area contributed by atoms with Gasteiger partial charge in [0.2, 0.25) is 0 Å². The lowest BCUT2D eigenvalue weighted by molar-refractivity contribution is 1.28. The smallest absolute Gasteiger partial charge is 0.124 e. The number of fused-ring (bicyclic) bond motifs is 2. The first-order valence-electron chi connectivity index (χ1n) is 20.6. The zero-order valence-corrected chi connectivity index (χ0v) is 35.2. The molecular formula is C56H38N4S2. The fraction of sp³-hybridized carbons (Fsp3) is 0. The van der Waals surface area contributed by atoms with Crippen molar-refractivity contribution in [2.24, 2.45) is 0 Å². The van der Waals surface area contributed by atoms with E-state index in [1.165, 1.54) is 20.5 Å². The van der Waals surface area contributed by atoms with E-state index in [4.69, 9.17) is 9.97 Å². The summed E-state index contributed by atoms with van der Waals surface area (Å²) in [5.74, 6) is 0. The molecule has 0 saturated carbocycles. The van der Waals surface area contributed by atoms with Gasteiger partial charge in [0.25, 0.3) is 0 Å². The fourth-order valence-corrected chi connectivity index (χ4v) is 9.95. The van der Waals surface area contributed by atoms with Crippen molar-refractivity contribution >= 4 is 77.2 Å². The molecule has 11 rings (SSSR count). The summed E-state index contributed by atoms with van der Waals surface area (Å²) in [5.41, 5.74) is 15.5. The lowest BCUT2D eigenvalue weighted by Gasteiger charge is -2.26. The number of benzene rings is 9. The molecule has 0 amide bonds. The molecule has 0 aliphatic carbocycles. The van der Waals surface area contributed by atoms with Gasteiger partial charge in [-0.3, -0.25) is 0 Å². The lowest BCUT2D eigenvalue weighted by atomic mass is 10.0. The van der Waals surface area contributed by atoms with E-state index in [0.717, 1.165) is 77.4 Å². The molecule has 0 spiro atoms. The Morgan fingerprint density at radius 3 is 0.871 bits per heavy atom. The second kappa shape index (κ2) is 16.4. The van der Waals surface area contributed by atoms with Crippen LogP contribution in [0.4, 0.5) is 34.1 Å². The van der Waals surface area contributed by atoms with Crippen LogP contribution in [0.25, 0.3) is 63.8 Å². The van der Waals surface area contributed by atoms with Gasteiger partial charge in [0.15, 0.2) is 0 Å². The summed E-state index contributed by atoms with van der Waals surface area (Å²) in [4.78, 5) is 14.5. The molecule has 294 valence electrons. The molecule has 0 atom stereocenters. The van der Waals surface area contributed by atoms with Crippen molar-refractivity contribution in [3.05, 3.63) is 231 Å². The Balaban J connectivity index is 0.904. The molecule has 6 heteroatoms. The van der Waals surface area contributed by atoms with Crippen molar-refractivity contribution in [2.45, 2.75) is 0 Å². The fourth-order valence-electron chi connectivity index (χ4n) is 8.01. The van der Waals surface area contributed by atoms with Crippen LogP contribution in [0.2, 0.25) is 0 Å². The van der Waals surface area contributed by atoms with Gasteiger partial charge in [-0.05, 0) is 144 Å². The van der Waals surface area contributed by atoms with Crippen LogP contribution >= 0.6 is 22.7 Å². The molecule has 0 unspecified atom stereocenters. The number of para-hydroxylation sites is 3. The van der Waals surface area contributed by atoms with Gasteiger partial charge in [0.05, 0.1) is 20.4 Å². The molecule has 2 aromatic heterocycles. The van der Waals surface area contributed by atoms with Crippen LogP contribution in [0.3, 0.4) is 0 Å². The molecule has 0 fully saturated rings. The van der Waals surface area contributed by atoms with Crippen molar-refractivity contribution in [3.63, 3.8) is 0 Å². The number of hydrogen-bond donors (Lipinski definition) is 0. The normalized spacial score (nSPS) is 11.2. The van der Waals surface area contributed by atoms with Gasteiger partial charge >= 0.3 is 0 Å². The summed E-state index contributed by atoms with van der Waals surface area (Å²) < 4.78 is 2.39. The molecule has 0 aliphatic heterocycles. The minimum Gasteiger partial charge on any atom is -0.311 e. The van der Waals surface area contributed by atoms with Crippen LogP contribution in [-0.2, 0) is 0 Å². The molecule has 4 nitrogen and oxygen atoms in total. The van der Waals surface area contributed by atoms with E-state index in [-0.39, 0.29) is 0 Å². The maximum absolute atomic E-state index is 4.92. The third-order valence-corrected chi connectivity index (χ3v) is 13.3. The van der Waals surface area contributed by atoms with Gasteiger partial charge in [-0.15, -0.1) is 22.7 Å². The van der Waals surface area contributed by atoms with Crippen molar-refractivity contribution in [1.82, 2.24) is 9.97 Å². The number of anilines is 6. The summed E-state index contributed by atoms with van der Waals surface area (Å²) in [6.07, 6.45) is 0. The van der Waals surface area contributed by atoms with E-state index in [9.17, 15) is 0 Å². The standard InChI is InChI=1S/C56H38N4S2/c1-3-11-39(12-4-1)40-19-29-46(30-20-40)59(45-13-5-2-6-14-45)47-31-21-41(22-32-47)42-23-33-48(34-24-42)60(49-35-25-43(26-36-49)55-57-51-15-7-9-17-53(51)61-55)50-37-27-44(28-38-50)56-58-52-16-8-10-18-54(52)62-56/h1-38H. The highest BCUT2D eigenvalue weighted by molar-refractivity contribution is 7.22. The largest absolute Gasteiger partial charge is 0.311 e. The van der Waals surface area contributed by atoms with Crippen LogP contribution in [0.15, 0.2) is 231 Å². The third-order valence-electron chi connectivity index (χ3n) is 11.2. The van der Waals surface area contributed by atoms with Crippen molar-refractivity contribution in [3.8, 4) is 43.4 Å². The van der Waals surface area contributed by atoms with Gasteiger partial charge in [-0.1, -0.05) is 109 Å². The highest BCUT2D eigenvalue weighted by atomic mass is 32.1. The first-order valence-corrected chi connectivity index (χ1v) is 22.3. The Kier molecular flexibility index (Phi) is 9.90. The Labute approximate surface area is 368 Å². The quantitative estimate of drug-likeness (QED) is 0.137. The monoisotopic (exact) mass is 830 g/mol. The number of hydrogen-bond acceptors (Lipinski definition) is 6. The number of nitrogens with zero attached hydrogens (tertiary/aromatic N) is 4. The van der Waals surface area contributed by atoms with E-state index in [2.05, 4.69) is 228 Å². The maximum atomic E-state index is 4.92. The number of rotatable bonds is 10. The second-order valence-corrected chi connectivity index (χ2v) is 17.1. The molecule has 0 N–H and O–H groups in total. The van der Waals surface area contributed by atoms with Gasteiger partial charge in [0.1, 0.15) is 10.0 Å². The molecule has 11 aromatic rings. The molecule has 0 bridgehead atoms. The first kappa shape index (κ1) is 37.4. The summed E-state index contributed by atoms with van der Waals surface area (Å²) in [6.45, 7) is 0. The molecule has 9 aromatic carbocycles. The van der Waals surface area contributed by atoms with Gasteiger partial charge in [0, 0.05) is 45.3 Å². The molecule has 0 aliphatic rings. The molecule has 0 radical (unpaired) electrons. The summed E-state index contributed by atoms with van der Waals surface area (Å²) in [6, 6.07) is 81.8. The summed E-state index contributed by atoms with van der Waals surface area (Å²) in [7, 11) is 0. The van der Waals surface area contributed by atoms with E-state index >= 15 is 0 Å². The minimum atomic E-state index is 1.02. The van der Waals surface area contributed by atoms with Crippen LogP contribution in [-0.4, -0.2) is 9.97 Å². The molecular weight excluding hydrogens is 793 g/mol. The van der Waals surface area contributed by atoms with E-state index < -0.39 is 0 Å². The Morgan fingerprint density at radius 1 is 0.242 bits per heavy atom. The zero-order valence-electron chi connectivity index (χ0n) is 33.5. The SMILES string of the molecule is c1ccc(-c2ccc(N(c3ccccc3)c3ccc(-c4ccc(N(c5ccc(-c6nc7ccccc7s6)cc5)c5ccc(-c6nc7ccccc7s6)cc5)cc4)cc3)cc2)cc1. The van der Waals surface area contributed by atoms with E-state index in [1.807, 2.05) is 12.1 Å². The highest BCUT2D eigenvalue weighted by Gasteiger charge is 2.17. The maximum Gasteiger partial charge on any atom is 0.124 e. The van der Waals surface area contributed by atoms with Gasteiger partial charge in [-0.2, -0.15) is 0 Å². The van der Waals surface area contributed by atoms with Crippen LogP contribution in [0, 0.1) is 0 Å². The highest BCUT2D eigenvalue weighted by Crippen LogP contribution is 2.41. The molecule has 62 heavy (non-hydrogen) atoms. The van der Waals surface area contributed by atoms with Crippen LogP contribution < -0.4 is 9.80 Å². The zero-order chi connectivity index (χ0) is 41.2. The summed E-state index contributed by atoms with van der Waals surface area (Å²) >= 11 is 3.45. The topological polar surface area (TPSA) is 32.3 Å². The molecule has 2 heterocycles. The van der Waals surface area contributed by atoms with Crippen LogP contribution in [0.5, 0.6) is 0 Å². The average molecular weight is 831 g/mol. The minimum absolute atomic E-state index is 1.02. The first-order chi connectivity index (χ1) is 30.7. The third kappa shape index (κ3) is 7.43. The van der Waals surface area contributed by atoms with E-state index in [1.54, 1.807) is 22.7 Å². The van der Waals surface area contributed by atoms with Gasteiger partial charge < -0.3 is 9.80 Å². The van der Waals surface area contributed by atoms with Crippen molar-refractivity contribution < 1.29 is 0 Å².